The lowest BCUT2D eigenvalue weighted by Crippen LogP contribution is -2.55. The van der Waals surface area contributed by atoms with Crippen LogP contribution in [0.25, 0.3) is 0 Å². The van der Waals surface area contributed by atoms with Gasteiger partial charge >= 0.3 is 10.8 Å². The average molecular weight is 186 g/mol. The van der Waals surface area contributed by atoms with Crippen molar-refractivity contribution in [1.29, 1.82) is 0 Å². The van der Waals surface area contributed by atoms with Crippen molar-refractivity contribution in [1.82, 2.24) is 3.96 Å². The van der Waals surface area contributed by atoms with E-state index in [1.807, 2.05) is 18.7 Å². The molecule has 0 aromatic carbocycles. The van der Waals surface area contributed by atoms with E-state index >= 15 is 0 Å². The van der Waals surface area contributed by atoms with E-state index in [9.17, 15) is 4.79 Å². The number of aromatic nitrogens is 2. The SMILES string of the molecule is CN1CCC[n+]2c1sn(C)c2=O. The van der Waals surface area contributed by atoms with Crippen LogP contribution in [0.5, 0.6) is 0 Å². The van der Waals surface area contributed by atoms with E-state index < -0.39 is 0 Å². The highest BCUT2D eigenvalue weighted by Gasteiger charge is 2.26. The fraction of sp³-hybridized carbons (Fsp3) is 0.714. The van der Waals surface area contributed by atoms with Crippen LogP contribution in [0.2, 0.25) is 0 Å². The van der Waals surface area contributed by atoms with E-state index in [1.165, 1.54) is 11.5 Å². The zero-order chi connectivity index (χ0) is 8.72. The Labute approximate surface area is 74.8 Å². The Kier molecular flexibility index (Phi) is 1.68. The summed E-state index contributed by atoms with van der Waals surface area (Å²) in [6.45, 7) is 1.93. The number of anilines is 1. The van der Waals surface area contributed by atoms with Crippen LogP contribution in [-0.2, 0) is 13.6 Å². The van der Waals surface area contributed by atoms with Crippen LogP contribution in [0.3, 0.4) is 0 Å². The van der Waals surface area contributed by atoms with Gasteiger partial charge in [-0.1, -0.05) is 0 Å². The van der Waals surface area contributed by atoms with Gasteiger partial charge in [0.2, 0.25) is 0 Å². The standard InChI is InChI=1S/C7H12N3OS/c1-8-4-3-5-10-6(11)9(2)12-7(8)10/h3-5H2,1-2H3/q+1. The Balaban J connectivity index is 2.60. The van der Waals surface area contributed by atoms with Crippen LogP contribution < -0.4 is 15.2 Å². The molecule has 66 valence electrons. The van der Waals surface area contributed by atoms with Crippen molar-refractivity contribution >= 4 is 16.7 Å². The first-order chi connectivity index (χ1) is 5.70. The first-order valence-corrected chi connectivity index (χ1v) is 4.79. The summed E-state index contributed by atoms with van der Waals surface area (Å²) < 4.78 is 3.52. The predicted molar refractivity (Wildman–Crippen MR) is 47.6 cm³/mol. The van der Waals surface area contributed by atoms with E-state index in [4.69, 9.17) is 0 Å². The van der Waals surface area contributed by atoms with Gasteiger partial charge in [-0.2, -0.15) is 8.52 Å². The van der Waals surface area contributed by atoms with Crippen molar-refractivity contribution in [3.63, 3.8) is 0 Å². The summed E-state index contributed by atoms with van der Waals surface area (Å²) in [5.41, 5.74) is 0.113. The van der Waals surface area contributed by atoms with E-state index in [1.54, 1.807) is 3.96 Å². The Morgan fingerprint density at radius 3 is 2.92 bits per heavy atom. The second-order valence-electron chi connectivity index (χ2n) is 3.08. The summed E-state index contributed by atoms with van der Waals surface area (Å²) in [4.78, 5) is 13.6. The highest BCUT2D eigenvalue weighted by molar-refractivity contribution is 7.09. The van der Waals surface area contributed by atoms with E-state index in [0.717, 1.165) is 24.6 Å². The maximum absolute atomic E-state index is 11.5. The summed E-state index contributed by atoms with van der Waals surface area (Å²) in [6.07, 6.45) is 1.07. The van der Waals surface area contributed by atoms with Gasteiger partial charge in [-0.3, -0.25) is 4.90 Å². The molecule has 0 saturated carbocycles. The van der Waals surface area contributed by atoms with Gasteiger partial charge in [0.05, 0.1) is 38.7 Å². The fourth-order valence-electron chi connectivity index (χ4n) is 1.49. The molecule has 5 heteroatoms. The summed E-state index contributed by atoms with van der Waals surface area (Å²) >= 11 is 1.52. The maximum atomic E-state index is 11.5. The van der Waals surface area contributed by atoms with Gasteiger partial charge in [-0.05, 0) is 0 Å². The Hall–Kier alpha value is -0.840. The monoisotopic (exact) mass is 186 g/mol. The molecule has 0 unspecified atom stereocenters. The second-order valence-corrected chi connectivity index (χ2v) is 4.18. The molecular formula is C7H12N3OS+. The first-order valence-electron chi connectivity index (χ1n) is 4.01. The zero-order valence-electron chi connectivity index (χ0n) is 7.28. The van der Waals surface area contributed by atoms with Crippen LogP contribution in [0.1, 0.15) is 6.42 Å². The van der Waals surface area contributed by atoms with Gasteiger partial charge in [0.1, 0.15) is 0 Å². The number of rotatable bonds is 0. The third-order valence-electron chi connectivity index (χ3n) is 2.15. The van der Waals surface area contributed by atoms with Crippen LogP contribution in [-0.4, -0.2) is 17.5 Å². The van der Waals surface area contributed by atoms with Crippen molar-refractivity contribution in [2.75, 3.05) is 18.5 Å². The van der Waals surface area contributed by atoms with Crippen molar-refractivity contribution < 1.29 is 4.57 Å². The first kappa shape index (κ1) is 7.79. The van der Waals surface area contributed by atoms with Gasteiger partial charge in [0, 0.05) is 6.42 Å². The topological polar surface area (TPSA) is 29.1 Å². The van der Waals surface area contributed by atoms with Crippen LogP contribution in [0.4, 0.5) is 5.13 Å². The molecule has 1 aromatic heterocycles. The molecule has 1 aliphatic rings. The lowest BCUT2D eigenvalue weighted by Gasteiger charge is -2.16. The van der Waals surface area contributed by atoms with Crippen molar-refractivity contribution in [3.05, 3.63) is 10.5 Å². The van der Waals surface area contributed by atoms with Crippen LogP contribution in [0, 0.1) is 0 Å². The second kappa shape index (κ2) is 2.58. The number of hydrogen-bond acceptors (Lipinski definition) is 3. The molecular weight excluding hydrogens is 174 g/mol. The molecule has 2 rings (SSSR count). The highest BCUT2D eigenvalue weighted by Crippen LogP contribution is 2.14. The average Bonchev–Trinajstić information content (AvgIpc) is 2.32. The van der Waals surface area contributed by atoms with Crippen LogP contribution >= 0.6 is 11.5 Å². The molecule has 12 heavy (non-hydrogen) atoms. The molecule has 2 heterocycles. The largest absolute Gasteiger partial charge is 0.454 e. The summed E-state index contributed by atoms with van der Waals surface area (Å²) in [6, 6.07) is 0. The molecule has 1 aromatic rings. The third kappa shape index (κ3) is 0.964. The van der Waals surface area contributed by atoms with Crippen molar-refractivity contribution in [3.8, 4) is 0 Å². The van der Waals surface area contributed by atoms with Crippen molar-refractivity contribution in [2.45, 2.75) is 13.0 Å². The lowest BCUT2D eigenvalue weighted by atomic mass is 10.3. The Bertz CT molecular complexity index is 354. The van der Waals surface area contributed by atoms with E-state index in [-0.39, 0.29) is 5.69 Å². The van der Waals surface area contributed by atoms with E-state index in [0.29, 0.717) is 0 Å². The molecule has 0 amide bonds. The molecule has 0 radical (unpaired) electrons. The number of fused-ring (bicyclic) bond motifs is 1. The van der Waals surface area contributed by atoms with E-state index in [2.05, 4.69) is 4.90 Å². The lowest BCUT2D eigenvalue weighted by molar-refractivity contribution is -0.701. The minimum absolute atomic E-state index is 0.113. The molecule has 0 N–H and O–H groups in total. The van der Waals surface area contributed by atoms with Gasteiger partial charge in [-0.15, -0.1) is 0 Å². The number of nitrogens with zero attached hydrogens (tertiary/aromatic N) is 3. The van der Waals surface area contributed by atoms with Gasteiger partial charge < -0.3 is 0 Å². The third-order valence-corrected chi connectivity index (χ3v) is 3.28. The quantitative estimate of drug-likeness (QED) is 0.515. The summed E-state index contributed by atoms with van der Waals surface area (Å²) in [5.74, 6) is 0. The smallest absolute Gasteiger partial charge is 0.284 e. The summed E-state index contributed by atoms with van der Waals surface area (Å²) in [7, 11) is 3.84. The number of aryl methyl sites for hydroxylation is 1. The Morgan fingerprint density at radius 2 is 2.25 bits per heavy atom. The summed E-state index contributed by atoms with van der Waals surface area (Å²) in [5, 5.41) is 1.08. The van der Waals surface area contributed by atoms with Crippen LogP contribution in [0.15, 0.2) is 4.79 Å². The highest BCUT2D eigenvalue weighted by atomic mass is 32.1. The van der Waals surface area contributed by atoms with Crippen molar-refractivity contribution in [2.24, 2.45) is 7.05 Å². The van der Waals surface area contributed by atoms with Gasteiger partial charge in [0.25, 0.3) is 0 Å². The predicted octanol–water partition coefficient (Wildman–Crippen LogP) is -0.426. The molecule has 0 saturated heterocycles. The minimum Gasteiger partial charge on any atom is -0.284 e. The van der Waals surface area contributed by atoms with Gasteiger partial charge in [0.15, 0.2) is 0 Å². The molecule has 0 fully saturated rings. The molecule has 0 atom stereocenters. The van der Waals surface area contributed by atoms with Gasteiger partial charge in [-0.25, -0.2) is 4.79 Å². The molecule has 1 aliphatic heterocycles. The Morgan fingerprint density at radius 1 is 1.50 bits per heavy atom. The molecule has 0 bridgehead atoms. The minimum atomic E-state index is 0.113. The molecule has 4 nitrogen and oxygen atoms in total. The number of hydrogen-bond donors (Lipinski definition) is 0. The molecule has 0 aliphatic carbocycles. The molecule has 0 spiro atoms. The zero-order valence-corrected chi connectivity index (χ0v) is 8.10. The maximum Gasteiger partial charge on any atom is 0.454 e. The normalized spacial score (nSPS) is 16.3. The fourth-order valence-corrected chi connectivity index (χ4v) is 2.41.